The molecule has 2 heteroatoms. The summed E-state index contributed by atoms with van der Waals surface area (Å²) < 4.78 is 0. The van der Waals surface area contributed by atoms with Crippen LogP contribution in [-0.4, -0.2) is 11.8 Å². The monoisotopic (exact) mass is 183 g/mol. The van der Waals surface area contributed by atoms with Gasteiger partial charge in [-0.25, -0.2) is 0 Å². The summed E-state index contributed by atoms with van der Waals surface area (Å²) in [6.07, 6.45) is 6.13. The van der Waals surface area contributed by atoms with Crippen molar-refractivity contribution in [3.63, 3.8) is 0 Å². The molecule has 2 nitrogen and oxygen atoms in total. The summed E-state index contributed by atoms with van der Waals surface area (Å²) in [5, 5.41) is 0. The van der Waals surface area contributed by atoms with Crippen molar-refractivity contribution in [1.82, 2.24) is 0 Å². The van der Waals surface area contributed by atoms with Crippen LogP contribution in [0.2, 0.25) is 0 Å². The van der Waals surface area contributed by atoms with E-state index in [9.17, 15) is 4.79 Å². The third kappa shape index (κ3) is 2.80. The van der Waals surface area contributed by atoms with Gasteiger partial charge in [-0.2, -0.15) is 0 Å². The lowest BCUT2D eigenvalue weighted by Gasteiger charge is -2.27. The van der Waals surface area contributed by atoms with Crippen LogP contribution >= 0.6 is 0 Å². The Kier molecular flexibility index (Phi) is 3.91. The molecule has 1 rings (SSSR count). The highest BCUT2D eigenvalue weighted by Gasteiger charge is 2.27. The first-order valence-electron chi connectivity index (χ1n) is 5.42. The molecule has 1 aliphatic carbocycles. The zero-order chi connectivity index (χ0) is 9.84. The summed E-state index contributed by atoms with van der Waals surface area (Å²) in [5.41, 5.74) is 5.94. The van der Waals surface area contributed by atoms with Crippen LogP contribution in [0.25, 0.3) is 0 Å². The van der Waals surface area contributed by atoms with Crippen LogP contribution in [-0.2, 0) is 4.79 Å². The molecule has 76 valence electrons. The number of hydrogen-bond acceptors (Lipinski definition) is 2. The third-order valence-corrected chi connectivity index (χ3v) is 3.06. The van der Waals surface area contributed by atoms with Crippen molar-refractivity contribution in [1.29, 1.82) is 0 Å². The van der Waals surface area contributed by atoms with Crippen molar-refractivity contribution in [2.24, 2.45) is 17.6 Å². The first-order chi connectivity index (χ1) is 6.13. The minimum atomic E-state index is -0.194. The van der Waals surface area contributed by atoms with E-state index in [-0.39, 0.29) is 17.7 Å². The number of rotatable bonds is 3. The average molecular weight is 183 g/mol. The van der Waals surface area contributed by atoms with E-state index < -0.39 is 0 Å². The normalized spacial score (nSPS) is 21.8. The van der Waals surface area contributed by atoms with Gasteiger partial charge in [0.05, 0.1) is 6.04 Å². The Morgan fingerprint density at radius 2 is 1.77 bits per heavy atom. The molecule has 0 aliphatic heterocycles. The number of Topliss-reactive ketones (excluding diaryl/α,β-unsaturated/α-hetero) is 1. The van der Waals surface area contributed by atoms with Crippen LogP contribution in [0.4, 0.5) is 0 Å². The van der Waals surface area contributed by atoms with Crippen molar-refractivity contribution < 1.29 is 4.79 Å². The van der Waals surface area contributed by atoms with Gasteiger partial charge in [0, 0.05) is 5.92 Å². The highest BCUT2D eigenvalue weighted by Crippen LogP contribution is 2.26. The van der Waals surface area contributed by atoms with Gasteiger partial charge in [0.2, 0.25) is 0 Å². The first kappa shape index (κ1) is 10.7. The molecule has 0 radical (unpaired) electrons. The fourth-order valence-electron chi connectivity index (χ4n) is 2.11. The zero-order valence-corrected chi connectivity index (χ0v) is 8.75. The van der Waals surface area contributed by atoms with Gasteiger partial charge in [0.15, 0.2) is 5.78 Å². The quantitative estimate of drug-likeness (QED) is 0.728. The van der Waals surface area contributed by atoms with Crippen molar-refractivity contribution in [3.8, 4) is 0 Å². The minimum Gasteiger partial charge on any atom is -0.321 e. The maximum atomic E-state index is 11.6. The van der Waals surface area contributed by atoms with Gasteiger partial charge in [-0.15, -0.1) is 0 Å². The molecule has 1 saturated carbocycles. The number of carbonyl (C=O) groups excluding carboxylic acids is 1. The van der Waals surface area contributed by atoms with E-state index in [1.165, 1.54) is 19.3 Å². The lowest BCUT2D eigenvalue weighted by molar-refractivity contribution is -0.124. The Morgan fingerprint density at radius 3 is 2.23 bits per heavy atom. The van der Waals surface area contributed by atoms with Gasteiger partial charge in [0.1, 0.15) is 0 Å². The van der Waals surface area contributed by atoms with E-state index in [1.807, 2.05) is 13.8 Å². The largest absolute Gasteiger partial charge is 0.321 e. The van der Waals surface area contributed by atoms with Crippen LogP contribution < -0.4 is 5.73 Å². The van der Waals surface area contributed by atoms with Gasteiger partial charge in [-0.3, -0.25) is 4.79 Å². The van der Waals surface area contributed by atoms with Crippen LogP contribution in [0.15, 0.2) is 0 Å². The van der Waals surface area contributed by atoms with E-state index in [1.54, 1.807) is 0 Å². The van der Waals surface area contributed by atoms with Crippen molar-refractivity contribution in [2.75, 3.05) is 0 Å². The molecule has 0 spiro atoms. The van der Waals surface area contributed by atoms with E-state index in [0.717, 1.165) is 12.8 Å². The molecule has 0 amide bonds. The van der Waals surface area contributed by atoms with Crippen molar-refractivity contribution >= 4 is 5.78 Å². The minimum absolute atomic E-state index is 0.0944. The number of nitrogens with two attached hydrogens (primary N) is 1. The Hall–Kier alpha value is -0.370. The molecule has 0 aromatic rings. The molecule has 0 saturated heterocycles. The number of hydrogen-bond donors (Lipinski definition) is 1. The van der Waals surface area contributed by atoms with Gasteiger partial charge < -0.3 is 5.73 Å². The Morgan fingerprint density at radius 1 is 1.23 bits per heavy atom. The molecular weight excluding hydrogens is 162 g/mol. The first-order valence-corrected chi connectivity index (χ1v) is 5.42. The molecule has 1 aliphatic rings. The lowest BCUT2D eigenvalue weighted by atomic mass is 9.81. The van der Waals surface area contributed by atoms with Crippen molar-refractivity contribution in [3.05, 3.63) is 0 Å². The summed E-state index contributed by atoms with van der Waals surface area (Å²) in [4.78, 5) is 11.6. The number of ketones is 1. The van der Waals surface area contributed by atoms with Crippen LogP contribution in [0.3, 0.4) is 0 Å². The highest BCUT2D eigenvalue weighted by molar-refractivity contribution is 5.85. The van der Waals surface area contributed by atoms with Gasteiger partial charge in [-0.05, 0) is 18.8 Å². The Balaban J connectivity index is 2.45. The summed E-state index contributed by atoms with van der Waals surface area (Å²) in [5.74, 6) is 0.799. The molecular formula is C11H21NO. The molecule has 2 N–H and O–H groups in total. The summed E-state index contributed by atoms with van der Waals surface area (Å²) in [7, 11) is 0. The SMILES string of the molecule is CC(C)C(=O)[C@H](N)C1CCCCC1. The van der Waals surface area contributed by atoms with E-state index in [4.69, 9.17) is 5.73 Å². The van der Waals surface area contributed by atoms with E-state index in [2.05, 4.69) is 0 Å². The van der Waals surface area contributed by atoms with Crippen LogP contribution in [0.1, 0.15) is 46.0 Å². The van der Waals surface area contributed by atoms with Gasteiger partial charge >= 0.3 is 0 Å². The molecule has 0 aromatic heterocycles. The van der Waals surface area contributed by atoms with Gasteiger partial charge in [-0.1, -0.05) is 33.1 Å². The zero-order valence-electron chi connectivity index (χ0n) is 8.75. The maximum absolute atomic E-state index is 11.6. The van der Waals surface area contributed by atoms with Crippen molar-refractivity contribution in [2.45, 2.75) is 52.0 Å². The summed E-state index contributed by atoms with van der Waals surface area (Å²) in [6.45, 7) is 3.87. The second kappa shape index (κ2) is 4.75. The fourth-order valence-corrected chi connectivity index (χ4v) is 2.11. The molecule has 1 fully saturated rings. The Labute approximate surface area is 80.9 Å². The fraction of sp³-hybridized carbons (Fsp3) is 0.909. The number of carbonyl (C=O) groups is 1. The van der Waals surface area contributed by atoms with Gasteiger partial charge in [0.25, 0.3) is 0 Å². The second-order valence-corrected chi connectivity index (χ2v) is 4.48. The summed E-state index contributed by atoms with van der Waals surface area (Å²) >= 11 is 0. The van der Waals surface area contributed by atoms with Crippen LogP contribution in [0, 0.1) is 11.8 Å². The van der Waals surface area contributed by atoms with E-state index >= 15 is 0 Å². The maximum Gasteiger partial charge on any atom is 0.152 e. The highest BCUT2D eigenvalue weighted by atomic mass is 16.1. The summed E-state index contributed by atoms with van der Waals surface area (Å²) in [6, 6.07) is -0.194. The molecule has 0 heterocycles. The Bertz CT molecular complexity index is 171. The molecule has 1 atom stereocenters. The van der Waals surface area contributed by atoms with E-state index in [0.29, 0.717) is 5.92 Å². The lowest BCUT2D eigenvalue weighted by Crippen LogP contribution is -2.41. The molecule has 0 aromatic carbocycles. The molecule has 13 heavy (non-hydrogen) atoms. The third-order valence-electron chi connectivity index (χ3n) is 3.06. The second-order valence-electron chi connectivity index (χ2n) is 4.48. The topological polar surface area (TPSA) is 43.1 Å². The molecule has 0 unspecified atom stereocenters. The van der Waals surface area contributed by atoms with Crippen LogP contribution in [0.5, 0.6) is 0 Å². The molecule has 0 bridgehead atoms. The standard InChI is InChI=1S/C11H21NO/c1-8(2)11(13)10(12)9-6-4-3-5-7-9/h8-10H,3-7,12H2,1-2H3/t10-/m1/s1. The predicted octanol–water partition coefficient (Wildman–Crippen LogP) is 2.12. The average Bonchev–Trinajstić information content (AvgIpc) is 2.17. The predicted molar refractivity (Wildman–Crippen MR) is 54.4 cm³/mol. The smallest absolute Gasteiger partial charge is 0.152 e.